The summed E-state index contributed by atoms with van der Waals surface area (Å²) in [6.07, 6.45) is 0. The second kappa shape index (κ2) is 6.66. The molecule has 1 aromatic carbocycles. The Hall–Kier alpha value is -2.60. The maximum atomic E-state index is 11.8. The van der Waals surface area contributed by atoms with Crippen LogP contribution in [0.3, 0.4) is 0 Å². The fourth-order valence-corrected chi connectivity index (χ4v) is 2.94. The topological polar surface area (TPSA) is 68.5 Å². The second-order valence-electron chi connectivity index (χ2n) is 5.05. The number of hydrogen-bond acceptors (Lipinski definition) is 5. The van der Waals surface area contributed by atoms with Gasteiger partial charge in [-0.2, -0.15) is 0 Å². The summed E-state index contributed by atoms with van der Waals surface area (Å²) in [5.41, 5.74) is 1.18. The molecule has 0 fully saturated rings. The summed E-state index contributed by atoms with van der Waals surface area (Å²) in [5, 5.41) is 5.61. The van der Waals surface area contributed by atoms with Crippen LogP contribution in [0.1, 0.15) is 10.4 Å². The molecule has 0 aliphatic heterocycles. The molecule has 2 heterocycles. The first kappa shape index (κ1) is 15.3. The van der Waals surface area contributed by atoms with E-state index in [0.29, 0.717) is 17.9 Å². The van der Waals surface area contributed by atoms with Crippen molar-refractivity contribution in [3.05, 3.63) is 62.6 Å². The fraction of sp³-hybridized carbons (Fsp3) is 0.176. The molecule has 0 radical (unpaired) electrons. The van der Waals surface area contributed by atoms with Gasteiger partial charge in [-0.15, -0.1) is 11.3 Å². The van der Waals surface area contributed by atoms with E-state index in [4.69, 9.17) is 9.15 Å². The zero-order chi connectivity index (χ0) is 16.2. The van der Waals surface area contributed by atoms with Gasteiger partial charge in [-0.25, -0.2) is 4.79 Å². The molecular weight excluding hydrogens is 314 g/mol. The van der Waals surface area contributed by atoms with Crippen molar-refractivity contribution >= 4 is 28.2 Å². The van der Waals surface area contributed by atoms with Crippen LogP contribution in [-0.4, -0.2) is 12.5 Å². The standard InChI is InChI=1S/C17H15NO4S/c1-11-6-7-23-15(11)9-18-16(19)10-21-13-4-2-12-3-5-17(20)22-14(12)8-13/h2-8H,9-10H2,1H3,(H,18,19). The zero-order valence-electron chi connectivity index (χ0n) is 12.5. The minimum absolute atomic E-state index is 0.0903. The Labute approximate surface area is 136 Å². The summed E-state index contributed by atoms with van der Waals surface area (Å²) >= 11 is 1.61. The first-order valence-electron chi connectivity index (χ1n) is 7.08. The van der Waals surface area contributed by atoms with E-state index < -0.39 is 5.63 Å². The summed E-state index contributed by atoms with van der Waals surface area (Å²) in [6, 6.07) is 10.2. The molecule has 1 amide bonds. The van der Waals surface area contributed by atoms with Crippen molar-refractivity contribution in [2.24, 2.45) is 0 Å². The van der Waals surface area contributed by atoms with Crippen LogP contribution in [0.4, 0.5) is 0 Å². The molecule has 0 aliphatic rings. The van der Waals surface area contributed by atoms with E-state index >= 15 is 0 Å². The van der Waals surface area contributed by atoms with E-state index in [-0.39, 0.29) is 12.5 Å². The fourth-order valence-electron chi connectivity index (χ4n) is 2.09. The normalized spacial score (nSPS) is 10.7. The Balaban J connectivity index is 1.58. The smallest absolute Gasteiger partial charge is 0.336 e. The summed E-state index contributed by atoms with van der Waals surface area (Å²) in [5.74, 6) is 0.279. The van der Waals surface area contributed by atoms with Crippen LogP contribution in [0.5, 0.6) is 5.75 Å². The highest BCUT2D eigenvalue weighted by Gasteiger charge is 2.06. The minimum atomic E-state index is -0.418. The number of fused-ring (bicyclic) bond motifs is 1. The van der Waals surface area contributed by atoms with E-state index in [1.54, 1.807) is 35.6 Å². The van der Waals surface area contributed by atoms with Gasteiger partial charge >= 0.3 is 5.63 Å². The molecule has 0 saturated heterocycles. The number of aryl methyl sites for hydroxylation is 1. The molecule has 0 aliphatic carbocycles. The molecule has 0 unspecified atom stereocenters. The monoisotopic (exact) mass is 329 g/mol. The van der Waals surface area contributed by atoms with E-state index in [2.05, 4.69) is 5.32 Å². The molecule has 1 N–H and O–H groups in total. The van der Waals surface area contributed by atoms with Crippen LogP contribution in [0.15, 0.2) is 51.0 Å². The van der Waals surface area contributed by atoms with Crippen molar-refractivity contribution in [2.75, 3.05) is 6.61 Å². The Morgan fingerprint density at radius 1 is 1.26 bits per heavy atom. The lowest BCUT2D eigenvalue weighted by atomic mass is 10.2. The largest absolute Gasteiger partial charge is 0.484 e. The maximum Gasteiger partial charge on any atom is 0.336 e. The van der Waals surface area contributed by atoms with Gasteiger partial charge in [0, 0.05) is 22.4 Å². The number of benzene rings is 1. The van der Waals surface area contributed by atoms with Crippen LogP contribution < -0.4 is 15.7 Å². The molecule has 0 bridgehead atoms. The summed E-state index contributed by atoms with van der Waals surface area (Å²) < 4.78 is 10.5. The van der Waals surface area contributed by atoms with Gasteiger partial charge in [-0.1, -0.05) is 0 Å². The lowest BCUT2D eigenvalue weighted by molar-refractivity contribution is -0.123. The first-order valence-corrected chi connectivity index (χ1v) is 7.96. The third kappa shape index (κ3) is 3.78. The van der Waals surface area contributed by atoms with Gasteiger partial charge in [0.2, 0.25) is 0 Å². The highest BCUT2D eigenvalue weighted by atomic mass is 32.1. The Kier molecular flexibility index (Phi) is 4.43. The van der Waals surface area contributed by atoms with E-state index in [1.807, 2.05) is 18.4 Å². The highest BCUT2D eigenvalue weighted by Crippen LogP contribution is 2.19. The molecule has 6 heteroatoms. The van der Waals surface area contributed by atoms with Gasteiger partial charge in [0.05, 0.1) is 6.54 Å². The number of thiophene rings is 1. The van der Waals surface area contributed by atoms with Crippen molar-refractivity contribution in [1.29, 1.82) is 0 Å². The summed E-state index contributed by atoms with van der Waals surface area (Å²) in [7, 11) is 0. The average Bonchev–Trinajstić information content (AvgIpc) is 2.95. The Morgan fingerprint density at radius 2 is 2.09 bits per heavy atom. The maximum absolute atomic E-state index is 11.8. The molecule has 23 heavy (non-hydrogen) atoms. The van der Waals surface area contributed by atoms with E-state index in [0.717, 1.165) is 10.3 Å². The van der Waals surface area contributed by atoms with Crippen molar-refractivity contribution in [3.8, 4) is 5.75 Å². The van der Waals surface area contributed by atoms with Gasteiger partial charge in [0.1, 0.15) is 11.3 Å². The molecule has 0 saturated carbocycles. The number of carbonyl (C=O) groups excluding carboxylic acids is 1. The predicted octanol–water partition coefficient (Wildman–Crippen LogP) is 2.86. The molecular formula is C17H15NO4S. The van der Waals surface area contributed by atoms with E-state index in [9.17, 15) is 9.59 Å². The number of hydrogen-bond donors (Lipinski definition) is 1. The minimum Gasteiger partial charge on any atom is -0.484 e. The lowest BCUT2D eigenvalue weighted by Gasteiger charge is -2.08. The van der Waals surface area contributed by atoms with Gasteiger partial charge < -0.3 is 14.5 Å². The Bertz CT molecular complexity index is 897. The van der Waals surface area contributed by atoms with Gasteiger partial charge in [-0.3, -0.25) is 4.79 Å². The molecule has 5 nitrogen and oxygen atoms in total. The molecule has 3 rings (SSSR count). The third-order valence-corrected chi connectivity index (χ3v) is 4.40. The predicted molar refractivity (Wildman–Crippen MR) is 88.9 cm³/mol. The number of rotatable bonds is 5. The van der Waals surface area contributed by atoms with Crippen molar-refractivity contribution in [1.82, 2.24) is 5.32 Å². The van der Waals surface area contributed by atoms with Crippen LogP contribution >= 0.6 is 11.3 Å². The lowest BCUT2D eigenvalue weighted by Crippen LogP contribution is -2.28. The van der Waals surface area contributed by atoms with Gasteiger partial charge in [0.25, 0.3) is 5.91 Å². The van der Waals surface area contributed by atoms with Crippen molar-refractivity contribution < 1.29 is 13.9 Å². The zero-order valence-corrected chi connectivity index (χ0v) is 13.3. The number of ether oxygens (including phenoxy) is 1. The van der Waals surface area contributed by atoms with Crippen LogP contribution in [0.25, 0.3) is 11.0 Å². The SMILES string of the molecule is Cc1ccsc1CNC(=O)COc1ccc2ccc(=O)oc2c1. The van der Waals surface area contributed by atoms with Crippen molar-refractivity contribution in [3.63, 3.8) is 0 Å². The second-order valence-corrected chi connectivity index (χ2v) is 6.05. The third-order valence-electron chi connectivity index (χ3n) is 3.38. The Morgan fingerprint density at radius 3 is 2.87 bits per heavy atom. The molecule has 2 aromatic heterocycles. The average molecular weight is 329 g/mol. The first-order chi connectivity index (χ1) is 11.1. The van der Waals surface area contributed by atoms with Gasteiger partial charge in [0.15, 0.2) is 6.61 Å². The number of nitrogens with one attached hydrogen (secondary N) is 1. The summed E-state index contributed by atoms with van der Waals surface area (Å²) in [4.78, 5) is 24.2. The number of amides is 1. The molecule has 0 atom stereocenters. The molecule has 0 spiro atoms. The quantitative estimate of drug-likeness (QED) is 0.731. The number of carbonyl (C=O) groups is 1. The van der Waals surface area contributed by atoms with Crippen LogP contribution in [-0.2, 0) is 11.3 Å². The van der Waals surface area contributed by atoms with E-state index in [1.165, 1.54) is 11.6 Å². The van der Waals surface area contributed by atoms with Crippen LogP contribution in [0, 0.1) is 6.92 Å². The van der Waals surface area contributed by atoms with Crippen LogP contribution in [0.2, 0.25) is 0 Å². The van der Waals surface area contributed by atoms with Gasteiger partial charge in [-0.05, 0) is 42.1 Å². The molecule has 3 aromatic rings. The highest BCUT2D eigenvalue weighted by molar-refractivity contribution is 7.10. The summed E-state index contributed by atoms with van der Waals surface area (Å²) in [6.45, 7) is 2.42. The molecule has 118 valence electrons. The van der Waals surface area contributed by atoms with Crippen molar-refractivity contribution in [2.45, 2.75) is 13.5 Å².